The molecule has 1 aliphatic rings. The van der Waals surface area contributed by atoms with Gasteiger partial charge in [-0.3, -0.25) is 9.59 Å². The smallest absolute Gasteiger partial charge is 0.347 e. The second-order valence-electron chi connectivity index (χ2n) is 6.26. The predicted octanol–water partition coefficient (Wildman–Crippen LogP) is 2.08. The summed E-state index contributed by atoms with van der Waals surface area (Å²) in [6.45, 7) is 2.45. The third-order valence-electron chi connectivity index (χ3n) is 4.31. The Morgan fingerprint density at radius 3 is 2.68 bits per heavy atom. The lowest BCUT2D eigenvalue weighted by atomic mass is 10.0. The van der Waals surface area contributed by atoms with Crippen LogP contribution >= 0.6 is 0 Å². The fraction of sp³-hybridized carbons (Fsp3) is 0.529. The van der Waals surface area contributed by atoms with Crippen molar-refractivity contribution in [3.8, 4) is 0 Å². The maximum atomic E-state index is 13.0. The van der Waals surface area contributed by atoms with Crippen LogP contribution in [0.4, 0.5) is 13.2 Å². The highest BCUT2D eigenvalue weighted by molar-refractivity contribution is 5.80. The third-order valence-corrected chi connectivity index (χ3v) is 4.31. The van der Waals surface area contributed by atoms with Crippen LogP contribution in [0.25, 0.3) is 0 Å². The Balaban J connectivity index is 2.27. The summed E-state index contributed by atoms with van der Waals surface area (Å²) in [6, 6.07) is 4.10. The standard InChI is InChI=1S/C17H22F3N3O2/c1-11(9-21)16(25)22-14(10-23-7-3-6-15(23)24)12-4-2-5-13(8-12)17(18,19)20/h2,4-5,8,11,14H,3,6-7,9-10,21H2,1H3,(H,22,25). The SMILES string of the molecule is CC(CN)C(=O)NC(CN1CCCC1=O)c1cccc(C(F)(F)F)c1. The van der Waals surface area contributed by atoms with Gasteiger partial charge in [-0.15, -0.1) is 0 Å². The fourth-order valence-electron chi connectivity index (χ4n) is 2.70. The van der Waals surface area contributed by atoms with Crippen molar-refractivity contribution < 1.29 is 22.8 Å². The topological polar surface area (TPSA) is 75.4 Å². The first kappa shape index (κ1) is 19.2. The second kappa shape index (κ2) is 7.86. The van der Waals surface area contributed by atoms with E-state index in [9.17, 15) is 22.8 Å². The quantitative estimate of drug-likeness (QED) is 0.819. The minimum Gasteiger partial charge on any atom is -0.347 e. The van der Waals surface area contributed by atoms with Crippen molar-refractivity contribution in [2.24, 2.45) is 11.7 Å². The second-order valence-corrected chi connectivity index (χ2v) is 6.26. The first-order valence-corrected chi connectivity index (χ1v) is 8.17. The number of hydrogen-bond acceptors (Lipinski definition) is 3. The number of benzene rings is 1. The zero-order chi connectivity index (χ0) is 18.6. The van der Waals surface area contributed by atoms with E-state index in [-0.39, 0.29) is 24.9 Å². The summed E-state index contributed by atoms with van der Waals surface area (Å²) >= 11 is 0. The van der Waals surface area contributed by atoms with Crippen LogP contribution in [0.5, 0.6) is 0 Å². The summed E-state index contributed by atoms with van der Waals surface area (Å²) in [5.41, 5.74) is 5.00. The van der Waals surface area contributed by atoms with Crippen molar-refractivity contribution in [2.45, 2.75) is 32.0 Å². The monoisotopic (exact) mass is 357 g/mol. The molecule has 0 saturated carbocycles. The number of halogens is 3. The number of nitrogens with zero attached hydrogens (tertiary/aromatic N) is 1. The normalized spacial score (nSPS) is 17.5. The Morgan fingerprint density at radius 2 is 2.12 bits per heavy atom. The summed E-state index contributed by atoms with van der Waals surface area (Å²) in [7, 11) is 0. The number of nitrogens with one attached hydrogen (secondary N) is 1. The number of hydrogen-bond donors (Lipinski definition) is 2. The fourth-order valence-corrected chi connectivity index (χ4v) is 2.70. The summed E-state index contributed by atoms with van der Waals surface area (Å²) in [6.07, 6.45) is -3.34. The molecule has 1 aromatic carbocycles. The zero-order valence-electron chi connectivity index (χ0n) is 14.0. The molecule has 8 heteroatoms. The van der Waals surface area contributed by atoms with Crippen LogP contribution in [0.1, 0.15) is 36.9 Å². The third kappa shape index (κ3) is 4.94. The molecule has 2 unspecified atom stereocenters. The molecule has 1 aromatic rings. The van der Waals surface area contributed by atoms with Crippen LogP contribution in [0.15, 0.2) is 24.3 Å². The van der Waals surface area contributed by atoms with Crippen LogP contribution < -0.4 is 11.1 Å². The number of amides is 2. The molecule has 1 saturated heterocycles. The molecule has 3 N–H and O–H groups in total. The van der Waals surface area contributed by atoms with E-state index >= 15 is 0 Å². The van der Waals surface area contributed by atoms with Crippen LogP contribution in [0.2, 0.25) is 0 Å². The molecule has 2 amide bonds. The average molecular weight is 357 g/mol. The highest BCUT2D eigenvalue weighted by Crippen LogP contribution is 2.31. The summed E-state index contributed by atoms with van der Waals surface area (Å²) in [4.78, 5) is 25.6. The molecule has 0 spiro atoms. The first-order valence-electron chi connectivity index (χ1n) is 8.17. The molecule has 2 rings (SSSR count). The van der Waals surface area contributed by atoms with Gasteiger partial charge >= 0.3 is 6.18 Å². The number of rotatable bonds is 6. The molecule has 1 heterocycles. The number of carbonyl (C=O) groups is 2. The molecule has 1 fully saturated rings. The number of nitrogens with two attached hydrogens (primary N) is 1. The van der Waals surface area contributed by atoms with E-state index in [1.54, 1.807) is 11.8 Å². The molecule has 1 aliphatic heterocycles. The molecular formula is C17H22F3N3O2. The van der Waals surface area contributed by atoms with Gasteiger partial charge in [0.05, 0.1) is 11.6 Å². The lowest BCUT2D eigenvalue weighted by molar-refractivity contribution is -0.137. The zero-order valence-corrected chi connectivity index (χ0v) is 14.0. The van der Waals surface area contributed by atoms with Crippen molar-refractivity contribution in [3.63, 3.8) is 0 Å². The lowest BCUT2D eigenvalue weighted by Crippen LogP contribution is -2.41. The van der Waals surface area contributed by atoms with Crippen LogP contribution in [-0.2, 0) is 15.8 Å². The van der Waals surface area contributed by atoms with Crippen molar-refractivity contribution in [2.75, 3.05) is 19.6 Å². The van der Waals surface area contributed by atoms with Gasteiger partial charge in [0.15, 0.2) is 0 Å². The van der Waals surface area contributed by atoms with Gasteiger partial charge in [0.25, 0.3) is 0 Å². The lowest BCUT2D eigenvalue weighted by Gasteiger charge is -2.26. The predicted molar refractivity (Wildman–Crippen MR) is 86.4 cm³/mol. The number of likely N-dealkylation sites (tertiary alicyclic amines) is 1. The van der Waals surface area contributed by atoms with Gasteiger partial charge in [0.1, 0.15) is 0 Å². The highest BCUT2D eigenvalue weighted by Gasteiger charge is 2.32. The summed E-state index contributed by atoms with van der Waals surface area (Å²) in [5.74, 6) is -0.878. The molecule has 0 bridgehead atoms. The minimum absolute atomic E-state index is 0.0573. The van der Waals surface area contributed by atoms with Crippen molar-refractivity contribution in [1.82, 2.24) is 10.2 Å². The highest BCUT2D eigenvalue weighted by atomic mass is 19.4. The van der Waals surface area contributed by atoms with Crippen molar-refractivity contribution in [3.05, 3.63) is 35.4 Å². The van der Waals surface area contributed by atoms with E-state index in [4.69, 9.17) is 5.73 Å². The van der Waals surface area contributed by atoms with Gasteiger partial charge in [-0.25, -0.2) is 0 Å². The van der Waals surface area contributed by atoms with Gasteiger partial charge in [-0.1, -0.05) is 19.1 Å². The van der Waals surface area contributed by atoms with Gasteiger partial charge < -0.3 is 16.0 Å². The van der Waals surface area contributed by atoms with Gasteiger partial charge in [-0.2, -0.15) is 13.2 Å². The van der Waals surface area contributed by atoms with Crippen LogP contribution in [-0.4, -0.2) is 36.3 Å². The van der Waals surface area contributed by atoms with Crippen LogP contribution in [0.3, 0.4) is 0 Å². The molecule has 2 atom stereocenters. The number of carbonyl (C=O) groups excluding carboxylic acids is 2. The van der Waals surface area contributed by atoms with E-state index in [1.807, 2.05) is 0 Å². The maximum Gasteiger partial charge on any atom is 0.416 e. The Hall–Kier alpha value is -2.09. The Bertz CT molecular complexity index is 634. The Morgan fingerprint density at radius 1 is 1.40 bits per heavy atom. The first-order chi connectivity index (χ1) is 11.7. The molecule has 25 heavy (non-hydrogen) atoms. The van der Waals surface area contributed by atoms with E-state index in [0.717, 1.165) is 12.1 Å². The van der Waals surface area contributed by atoms with Crippen molar-refractivity contribution in [1.29, 1.82) is 0 Å². The van der Waals surface area contributed by atoms with E-state index in [2.05, 4.69) is 5.32 Å². The minimum atomic E-state index is -4.47. The van der Waals surface area contributed by atoms with Gasteiger partial charge in [0.2, 0.25) is 11.8 Å². The Labute approximate surface area is 144 Å². The number of alkyl halides is 3. The van der Waals surface area contributed by atoms with Crippen LogP contribution in [0, 0.1) is 5.92 Å². The molecule has 0 aromatic heterocycles. The van der Waals surface area contributed by atoms with E-state index in [0.29, 0.717) is 24.9 Å². The summed E-state index contributed by atoms with van der Waals surface area (Å²) < 4.78 is 38.9. The maximum absolute atomic E-state index is 13.0. The summed E-state index contributed by atoms with van der Waals surface area (Å²) in [5, 5.41) is 2.73. The average Bonchev–Trinajstić information content (AvgIpc) is 2.97. The molecule has 0 aliphatic carbocycles. The van der Waals surface area contributed by atoms with Gasteiger partial charge in [0, 0.05) is 32.0 Å². The molecule has 0 radical (unpaired) electrons. The Kier molecular flexibility index (Phi) is 6.05. The molecule has 5 nitrogen and oxygen atoms in total. The van der Waals surface area contributed by atoms with Gasteiger partial charge in [-0.05, 0) is 24.1 Å². The molecule has 138 valence electrons. The largest absolute Gasteiger partial charge is 0.416 e. The van der Waals surface area contributed by atoms with E-state index < -0.39 is 23.7 Å². The van der Waals surface area contributed by atoms with Crippen molar-refractivity contribution >= 4 is 11.8 Å². The molecular weight excluding hydrogens is 335 g/mol. The van der Waals surface area contributed by atoms with E-state index in [1.165, 1.54) is 12.1 Å².